The van der Waals surface area contributed by atoms with Crippen LogP contribution in [-0.2, 0) is 0 Å². The fourth-order valence-electron chi connectivity index (χ4n) is 2.35. The van der Waals surface area contributed by atoms with Gasteiger partial charge in [-0.1, -0.05) is 16.8 Å². The van der Waals surface area contributed by atoms with E-state index in [0.717, 1.165) is 10.4 Å². The van der Waals surface area contributed by atoms with Crippen molar-refractivity contribution in [3.05, 3.63) is 84.4 Å². The van der Waals surface area contributed by atoms with Crippen molar-refractivity contribution in [3.63, 3.8) is 0 Å². The molecule has 0 aliphatic rings. The second-order valence-corrected chi connectivity index (χ2v) is 6.90. The summed E-state index contributed by atoms with van der Waals surface area (Å²) in [5.74, 6) is -0.0626. The molecular formula is C19H13ClN2O4S. The van der Waals surface area contributed by atoms with E-state index in [4.69, 9.17) is 16.1 Å². The van der Waals surface area contributed by atoms with Crippen molar-refractivity contribution < 1.29 is 14.2 Å². The van der Waals surface area contributed by atoms with Gasteiger partial charge in [-0.05, 0) is 72.5 Å². The fourth-order valence-corrected chi connectivity index (χ4v) is 3.25. The first-order valence-electron chi connectivity index (χ1n) is 7.80. The van der Waals surface area contributed by atoms with Crippen LogP contribution in [-0.4, -0.2) is 15.9 Å². The van der Waals surface area contributed by atoms with Gasteiger partial charge in [-0.3, -0.25) is 14.9 Å². The molecule has 3 rings (SSSR count). The standard InChI is InChI=1S/C19H13ClN2O4S/c1-12-19(22(24)25)17(26-21-12)8-9-18-14(10-11-27-18)4-7-16(23)13-2-5-15(20)6-3-13/h2-11H,1H3/b7-4+,9-8+. The molecule has 0 fully saturated rings. The van der Waals surface area contributed by atoms with Crippen LogP contribution >= 0.6 is 22.9 Å². The van der Waals surface area contributed by atoms with Crippen LogP contribution in [0.3, 0.4) is 0 Å². The second kappa shape index (κ2) is 8.11. The van der Waals surface area contributed by atoms with E-state index >= 15 is 0 Å². The lowest BCUT2D eigenvalue weighted by atomic mass is 10.1. The minimum Gasteiger partial charge on any atom is -0.349 e. The van der Waals surface area contributed by atoms with Crippen LogP contribution in [0.4, 0.5) is 5.69 Å². The topological polar surface area (TPSA) is 86.2 Å². The number of nitro groups is 1. The Balaban J connectivity index is 1.79. The van der Waals surface area contributed by atoms with Crippen molar-refractivity contribution in [1.29, 1.82) is 0 Å². The predicted octanol–water partition coefficient (Wildman–Crippen LogP) is 5.67. The van der Waals surface area contributed by atoms with Gasteiger partial charge in [0, 0.05) is 15.5 Å². The molecule has 0 radical (unpaired) electrons. The van der Waals surface area contributed by atoms with Gasteiger partial charge in [0.05, 0.1) is 4.92 Å². The molecule has 6 nitrogen and oxygen atoms in total. The lowest BCUT2D eigenvalue weighted by Gasteiger charge is -1.96. The highest BCUT2D eigenvalue weighted by atomic mass is 35.5. The van der Waals surface area contributed by atoms with E-state index in [1.165, 1.54) is 30.4 Å². The molecule has 0 saturated carbocycles. The lowest BCUT2D eigenvalue weighted by molar-refractivity contribution is -0.386. The van der Waals surface area contributed by atoms with Crippen LogP contribution in [0.15, 0.2) is 46.3 Å². The maximum atomic E-state index is 12.2. The zero-order chi connectivity index (χ0) is 19.4. The first-order chi connectivity index (χ1) is 13.0. The van der Waals surface area contributed by atoms with Gasteiger partial charge in [0.15, 0.2) is 11.5 Å². The van der Waals surface area contributed by atoms with Gasteiger partial charge >= 0.3 is 5.69 Å². The maximum absolute atomic E-state index is 12.2. The number of carbonyl (C=O) groups excluding carboxylic acids is 1. The minimum atomic E-state index is -0.522. The number of halogens is 1. The molecule has 0 unspecified atom stereocenters. The van der Waals surface area contributed by atoms with Gasteiger partial charge in [0.2, 0.25) is 5.76 Å². The molecule has 0 aliphatic heterocycles. The number of aryl methyl sites for hydroxylation is 1. The summed E-state index contributed by atoms with van der Waals surface area (Å²) in [6, 6.07) is 8.50. The van der Waals surface area contributed by atoms with Gasteiger partial charge < -0.3 is 4.52 Å². The Morgan fingerprint density at radius 1 is 1.22 bits per heavy atom. The van der Waals surface area contributed by atoms with Crippen molar-refractivity contribution in [2.75, 3.05) is 0 Å². The SMILES string of the molecule is Cc1noc(/C=C/c2sccc2/C=C/C(=O)c2ccc(Cl)cc2)c1[N+](=O)[O-]. The molecule has 0 aliphatic carbocycles. The number of rotatable bonds is 6. The van der Waals surface area contributed by atoms with E-state index < -0.39 is 4.92 Å². The Morgan fingerprint density at radius 2 is 1.96 bits per heavy atom. The maximum Gasteiger partial charge on any atom is 0.338 e. The van der Waals surface area contributed by atoms with Crippen molar-refractivity contribution in [1.82, 2.24) is 5.16 Å². The number of allylic oxidation sites excluding steroid dienone is 1. The molecule has 2 aromatic heterocycles. The second-order valence-electron chi connectivity index (χ2n) is 5.52. The molecule has 1 aromatic carbocycles. The van der Waals surface area contributed by atoms with Crippen LogP contribution in [0.25, 0.3) is 18.2 Å². The largest absolute Gasteiger partial charge is 0.349 e. The number of carbonyl (C=O) groups is 1. The first-order valence-corrected chi connectivity index (χ1v) is 9.05. The summed E-state index contributed by atoms with van der Waals surface area (Å²) in [5, 5.41) is 17.1. The van der Waals surface area contributed by atoms with Crippen LogP contribution in [0.5, 0.6) is 0 Å². The van der Waals surface area contributed by atoms with Gasteiger partial charge in [-0.25, -0.2) is 0 Å². The average molecular weight is 401 g/mol. The molecule has 27 heavy (non-hydrogen) atoms. The Bertz CT molecular complexity index is 1050. The van der Waals surface area contributed by atoms with Crippen LogP contribution in [0.1, 0.15) is 32.3 Å². The van der Waals surface area contributed by atoms with Crippen LogP contribution in [0, 0.1) is 17.0 Å². The molecule has 0 bridgehead atoms. The smallest absolute Gasteiger partial charge is 0.338 e. The summed E-state index contributed by atoms with van der Waals surface area (Å²) >= 11 is 7.26. The molecule has 3 aromatic rings. The summed E-state index contributed by atoms with van der Waals surface area (Å²) in [4.78, 5) is 23.6. The average Bonchev–Trinajstić information content (AvgIpc) is 3.24. The monoisotopic (exact) mass is 400 g/mol. The van der Waals surface area contributed by atoms with Crippen LogP contribution in [0.2, 0.25) is 5.02 Å². The molecule has 0 N–H and O–H groups in total. The summed E-state index contributed by atoms with van der Waals surface area (Å²) < 4.78 is 5.00. The quantitative estimate of drug-likeness (QED) is 0.230. The van der Waals surface area contributed by atoms with Crippen molar-refractivity contribution in [2.24, 2.45) is 0 Å². The zero-order valence-corrected chi connectivity index (χ0v) is 15.7. The van der Waals surface area contributed by atoms with Crippen molar-refractivity contribution >= 4 is 52.6 Å². The summed E-state index contributed by atoms with van der Waals surface area (Å²) in [5.41, 5.74) is 1.42. The van der Waals surface area contributed by atoms with E-state index in [-0.39, 0.29) is 22.9 Å². The zero-order valence-electron chi connectivity index (χ0n) is 14.1. The third-order valence-electron chi connectivity index (χ3n) is 3.70. The highest BCUT2D eigenvalue weighted by Gasteiger charge is 2.22. The van der Waals surface area contributed by atoms with Crippen LogP contribution < -0.4 is 0 Å². The van der Waals surface area contributed by atoms with E-state index in [1.54, 1.807) is 36.4 Å². The molecule has 0 atom stereocenters. The number of benzene rings is 1. The summed E-state index contributed by atoms with van der Waals surface area (Å²) in [6.07, 6.45) is 6.38. The Morgan fingerprint density at radius 3 is 2.67 bits per heavy atom. The summed E-state index contributed by atoms with van der Waals surface area (Å²) in [7, 11) is 0. The van der Waals surface area contributed by atoms with Gasteiger partial charge in [-0.15, -0.1) is 11.3 Å². The van der Waals surface area contributed by atoms with Gasteiger partial charge in [0.25, 0.3) is 0 Å². The van der Waals surface area contributed by atoms with E-state index in [2.05, 4.69) is 5.16 Å². The number of nitrogens with zero attached hydrogens (tertiary/aromatic N) is 2. The van der Waals surface area contributed by atoms with E-state index in [1.807, 2.05) is 11.4 Å². The molecule has 0 amide bonds. The van der Waals surface area contributed by atoms with Gasteiger partial charge in [0.1, 0.15) is 0 Å². The highest BCUT2D eigenvalue weighted by Crippen LogP contribution is 2.27. The molecule has 0 spiro atoms. The molecule has 0 saturated heterocycles. The van der Waals surface area contributed by atoms with Crippen molar-refractivity contribution in [2.45, 2.75) is 6.92 Å². The first kappa shape index (κ1) is 18.8. The summed E-state index contributed by atoms with van der Waals surface area (Å²) in [6.45, 7) is 1.51. The molecule has 8 heteroatoms. The fraction of sp³-hybridized carbons (Fsp3) is 0.0526. The third-order valence-corrected chi connectivity index (χ3v) is 4.85. The minimum absolute atomic E-state index is 0.0815. The normalized spacial score (nSPS) is 11.5. The number of hydrogen-bond donors (Lipinski definition) is 0. The van der Waals surface area contributed by atoms with E-state index in [0.29, 0.717) is 10.6 Å². The molecular weight excluding hydrogens is 388 g/mol. The predicted molar refractivity (Wildman–Crippen MR) is 106 cm³/mol. The Labute approximate surface area is 163 Å². The number of thiophene rings is 1. The number of ketones is 1. The molecule has 2 heterocycles. The number of aromatic nitrogens is 1. The Hall–Kier alpha value is -3.03. The number of hydrogen-bond acceptors (Lipinski definition) is 6. The molecule has 136 valence electrons. The Kier molecular flexibility index (Phi) is 5.63. The third kappa shape index (κ3) is 4.39. The van der Waals surface area contributed by atoms with Crippen molar-refractivity contribution in [3.8, 4) is 0 Å². The highest BCUT2D eigenvalue weighted by molar-refractivity contribution is 7.11. The lowest BCUT2D eigenvalue weighted by Crippen LogP contribution is -1.93. The van der Waals surface area contributed by atoms with Gasteiger partial charge in [-0.2, -0.15) is 0 Å². The van der Waals surface area contributed by atoms with E-state index in [9.17, 15) is 14.9 Å².